The van der Waals surface area contributed by atoms with Gasteiger partial charge in [-0.05, 0) is 72.3 Å². The molecular formula is C32H34O10S. The minimum Gasteiger partial charge on any atom is -0.508 e. The number of carboxylic acid groups (broad SMARTS) is 1. The smallest absolute Gasteiger partial charge is 0.329 e. The molecule has 0 fully saturated rings. The highest BCUT2D eigenvalue weighted by Gasteiger charge is 2.22. The number of carbonyl (C=O) groups excluding carboxylic acids is 1. The first-order valence-corrected chi connectivity index (χ1v) is 14.5. The third kappa shape index (κ3) is 9.50. The second kappa shape index (κ2) is 16.6. The van der Waals surface area contributed by atoms with Gasteiger partial charge in [0.05, 0.1) is 53.4 Å². The number of phenolic OH excluding ortho intramolecular Hbond substituents is 1. The van der Waals surface area contributed by atoms with Gasteiger partial charge in [0.1, 0.15) is 30.5 Å². The summed E-state index contributed by atoms with van der Waals surface area (Å²) < 4.78 is 32.9. The van der Waals surface area contributed by atoms with Crippen molar-refractivity contribution in [1.29, 1.82) is 0 Å². The Morgan fingerprint density at radius 1 is 0.721 bits per heavy atom. The van der Waals surface area contributed by atoms with Crippen molar-refractivity contribution in [3.63, 3.8) is 0 Å². The number of benzene rings is 3. The van der Waals surface area contributed by atoms with E-state index in [0.29, 0.717) is 63.1 Å². The molecule has 0 amide bonds. The standard InChI is InChI=1S/C32H34O10S/c1-37-25-7-4-23(5-8-25)32-30(27-11-6-24(33)20-28(27)43-32)31(36)22-2-9-26(10-3-22)42-19-18-40-15-14-38-12-13-39-16-17-41-21-29(34)35/h2-11,20,33H,12-19,21H2,1H3,(H,34,35). The van der Waals surface area contributed by atoms with Gasteiger partial charge in [0.25, 0.3) is 0 Å². The Labute approximate surface area is 253 Å². The lowest BCUT2D eigenvalue weighted by Gasteiger charge is -2.09. The van der Waals surface area contributed by atoms with Gasteiger partial charge < -0.3 is 38.6 Å². The highest BCUT2D eigenvalue weighted by atomic mass is 32.1. The fourth-order valence-electron chi connectivity index (χ4n) is 4.14. The van der Waals surface area contributed by atoms with E-state index >= 15 is 0 Å². The molecule has 2 N–H and O–H groups in total. The fourth-order valence-corrected chi connectivity index (χ4v) is 5.38. The molecule has 0 atom stereocenters. The number of rotatable bonds is 19. The van der Waals surface area contributed by atoms with Gasteiger partial charge in [-0.1, -0.05) is 0 Å². The van der Waals surface area contributed by atoms with Crippen molar-refractivity contribution < 1.29 is 48.2 Å². The Morgan fingerprint density at radius 2 is 1.30 bits per heavy atom. The number of phenols is 1. The number of thiophene rings is 1. The van der Waals surface area contributed by atoms with E-state index in [4.69, 9.17) is 33.5 Å². The molecule has 43 heavy (non-hydrogen) atoms. The molecule has 0 radical (unpaired) electrons. The molecule has 228 valence electrons. The van der Waals surface area contributed by atoms with Crippen molar-refractivity contribution in [3.8, 4) is 27.7 Å². The molecule has 1 heterocycles. The van der Waals surface area contributed by atoms with Crippen LogP contribution in [0.4, 0.5) is 0 Å². The number of methoxy groups -OCH3 is 1. The topological polar surface area (TPSA) is 130 Å². The summed E-state index contributed by atoms with van der Waals surface area (Å²) in [6.07, 6.45) is 0. The molecule has 4 aromatic rings. The van der Waals surface area contributed by atoms with Gasteiger partial charge in [-0.3, -0.25) is 4.79 Å². The Hall–Kier alpha value is -4.00. The second-order valence-electron chi connectivity index (χ2n) is 9.20. The van der Waals surface area contributed by atoms with Crippen LogP contribution in [0.3, 0.4) is 0 Å². The predicted octanol–water partition coefficient (Wildman–Crippen LogP) is 5.04. The molecule has 0 saturated heterocycles. The molecule has 0 spiro atoms. The summed E-state index contributed by atoms with van der Waals surface area (Å²) in [6, 6.07) is 19.6. The third-order valence-corrected chi connectivity index (χ3v) is 7.41. The quantitative estimate of drug-likeness (QED) is 0.110. The van der Waals surface area contributed by atoms with Gasteiger partial charge in [-0.15, -0.1) is 11.3 Å². The van der Waals surface area contributed by atoms with Crippen molar-refractivity contribution in [2.75, 3.05) is 66.6 Å². The van der Waals surface area contributed by atoms with Gasteiger partial charge >= 0.3 is 5.97 Å². The van der Waals surface area contributed by atoms with Crippen LogP contribution < -0.4 is 9.47 Å². The first-order valence-electron chi connectivity index (χ1n) is 13.7. The van der Waals surface area contributed by atoms with Crippen molar-refractivity contribution in [2.45, 2.75) is 0 Å². The summed E-state index contributed by atoms with van der Waals surface area (Å²) in [5, 5.41) is 19.3. The number of hydrogen-bond acceptors (Lipinski definition) is 10. The van der Waals surface area contributed by atoms with Crippen molar-refractivity contribution in [3.05, 3.63) is 77.9 Å². The first-order chi connectivity index (χ1) is 21.0. The molecule has 10 nitrogen and oxygen atoms in total. The van der Waals surface area contributed by atoms with Gasteiger partial charge in [0.2, 0.25) is 0 Å². The van der Waals surface area contributed by atoms with E-state index < -0.39 is 5.97 Å². The summed E-state index contributed by atoms with van der Waals surface area (Å²) in [5.74, 6) is 0.373. The maximum absolute atomic E-state index is 13.8. The van der Waals surface area contributed by atoms with Crippen molar-refractivity contribution >= 4 is 33.2 Å². The average Bonchev–Trinajstić information content (AvgIpc) is 3.39. The Morgan fingerprint density at radius 3 is 1.91 bits per heavy atom. The van der Waals surface area contributed by atoms with Crippen LogP contribution in [0.1, 0.15) is 15.9 Å². The highest BCUT2D eigenvalue weighted by Crippen LogP contribution is 2.41. The summed E-state index contributed by atoms with van der Waals surface area (Å²) >= 11 is 1.46. The molecule has 1 aromatic heterocycles. The lowest BCUT2D eigenvalue weighted by atomic mass is 9.97. The van der Waals surface area contributed by atoms with Crippen LogP contribution in [0.2, 0.25) is 0 Å². The monoisotopic (exact) mass is 610 g/mol. The van der Waals surface area contributed by atoms with Crippen LogP contribution in [0.5, 0.6) is 17.2 Å². The Balaban J connectivity index is 1.23. The van der Waals surface area contributed by atoms with Crippen molar-refractivity contribution in [1.82, 2.24) is 0 Å². The van der Waals surface area contributed by atoms with Crippen LogP contribution >= 0.6 is 11.3 Å². The van der Waals surface area contributed by atoms with Gasteiger partial charge in [0, 0.05) is 26.1 Å². The van der Waals surface area contributed by atoms with Crippen LogP contribution in [0, 0.1) is 0 Å². The zero-order valence-corrected chi connectivity index (χ0v) is 24.6. The number of aromatic hydroxyl groups is 1. The number of fused-ring (bicyclic) bond motifs is 1. The van der Waals surface area contributed by atoms with E-state index in [1.54, 1.807) is 49.6 Å². The van der Waals surface area contributed by atoms with Crippen molar-refractivity contribution in [2.24, 2.45) is 0 Å². The SMILES string of the molecule is COc1ccc(-c2sc3cc(O)ccc3c2C(=O)c2ccc(OCCOCCOCCOCCOCC(=O)O)cc2)cc1. The van der Waals surface area contributed by atoms with E-state index in [2.05, 4.69) is 0 Å². The maximum atomic E-state index is 13.8. The minimum absolute atomic E-state index is 0.116. The zero-order chi connectivity index (χ0) is 30.4. The van der Waals surface area contributed by atoms with Crippen LogP contribution in [0.15, 0.2) is 66.7 Å². The second-order valence-corrected chi connectivity index (χ2v) is 10.3. The van der Waals surface area contributed by atoms with E-state index in [1.165, 1.54) is 11.3 Å². The van der Waals surface area contributed by atoms with Gasteiger partial charge in [0.15, 0.2) is 5.78 Å². The van der Waals surface area contributed by atoms with E-state index in [9.17, 15) is 14.7 Å². The molecule has 0 aliphatic rings. The number of carboxylic acids is 1. The summed E-state index contributed by atoms with van der Waals surface area (Å²) in [7, 11) is 1.61. The Bertz CT molecular complexity index is 1460. The molecule has 0 bridgehead atoms. The van der Waals surface area contributed by atoms with Crippen LogP contribution in [-0.4, -0.2) is 88.5 Å². The third-order valence-electron chi connectivity index (χ3n) is 6.21. The maximum Gasteiger partial charge on any atom is 0.329 e. The van der Waals surface area contributed by atoms with E-state index in [-0.39, 0.29) is 24.7 Å². The molecule has 11 heteroatoms. The predicted molar refractivity (Wildman–Crippen MR) is 162 cm³/mol. The van der Waals surface area contributed by atoms with Gasteiger partial charge in [-0.25, -0.2) is 4.79 Å². The minimum atomic E-state index is -1.01. The molecule has 0 saturated carbocycles. The molecule has 0 unspecified atom stereocenters. The molecule has 3 aromatic carbocycles. The van der Waals surface area contributed by atoms with Crippen LogP contribution in [0.25, 0.3) is 20.5 Å². The number of carbonyl (C=O) groups is 2. The lowest BCUT2D eigenvalue weighted by molar-refractivity contribution is -0.142. The molecule has 0 aliphatic heterocycles. The number of ether oxygens (including phenoxy) is 6. The van der Waals surface area contributed by atoms with E-state index in [1.807, 2.05) is 24.3 Å². The Kier molecular flexibility index (Phi) is 12.3. The van der Waals surface area contributed by atoms with Gasteiger partial charge in [-0.2, -0.15) is 0 Å². The fraction of sp³-hybridized carbons (Fsp3) is 0.312. The molecule has 4 rings (SSSR count). The van der Waals surface area contributed by atoms with Crippen LogP contribution in [-0.2, 0) is 23.7 Å². The number of hydrogen-bond donors (Lipinski definition) is 2. The zero-order valence-electron chi connectivity index (χ0n) is 23.8. The average molecular weight is 611 g/mol. The summed E-state index contributed by atoms with van der Waals surface area (Å²) in [5.41, 5.74) is 2.01. The first kappa shape index (κ1) is 31.9. The number of ketones is 1. The molecular weight excluding hydrogens is 576 g/mol. The largest absolute Gasteiger partial charge is 0.508 e. The number of aliphatic carboxylic acids is 1. The highest BCUT2D eigenvalue weighted by molar-refractivity contribution is 7.22. The molecule has 0 aliphatic carbocycles. The normalized spacial score (nSPS) is 11.1. The summed E-state index contributed by atoms with van der Waals surface area (Å²) in [6.45, 7) is 2.50. The lowest BCUT2D eigenvalue weighted by Crippen LogP contribution is -2.15. The van der Waals surface area contributed by atoms with E-state index in [0.717, 1.165) is 26.3 Å². The summed E-state index contributed by atoms with van der Waals surface area (Å²) in [4.78, 5) is 24.9.